The first-order valence-electron chi connectivity index (χ1n) is 4.40. The predicted octanol–water partition coefficient (Wildman–Crippen LogP) is 1.29. The van der Waals surface area contributed by atoms with Crippen LogP contribution in [0.2, 0.25) is 0 Å². The van der Waals surface area contributed by atoms with Crippen molar-refractivity contribution in [3.63, 3.8) is 0 Å². The largest absolute Gasteiger partial charge is 0.478 e. The summed E-state index contributed by atoms with van der Waals surface area (Å²) in [5, 5.41) is 8.79. The minimum atomic E-state index is -0.839. The highest BCUT2D eigenvalue weighted by Gasteiger charge is 2.14. The number of allylic oxidation sites excluding steroid dienone is 1. The van der Waals surface area contributed by atoms with Crippen molar-refractivity contribution < 1.29 is 9.90 Å². The van der Waals surface area contributed by atoms with Gasteiger partial charge >= 0.3 is 5.97 Å². The molecule has 0 radical (unpaired) electrons. The van der Waals surface area contributed by atoms with Gasteiger partial charge in [0.15, 0.2) is 0 Å². The zero-order valence-corrected chi connectivity index (χ0v) is 7.18. The van der Waals surface area contributed by atoms with Gasteiger partial charge in [0.25, 0.3) is 0 Å². The molecule has 0 amide bonds. The number of carbonyl (C=O) groups is 1. The van der Waals surface area contributed by atoms with Crippen LogP contribution in [-0.4, -0.2) is 17.6 Å². The van der Waals surface area contributed by atoms with Gasteiger partial charge in [0, 0.05) is 12.1 Å². The van der Waals surface area contributed by atoms with E-state index in [2.05, 4.69) is 0 Å². The van der Waals surface area contributed by atoms with Crippen LogP contribution in [-0.2, 0) is 4.79 Å². The first kappa shape index (κ1) is 9.26. The van der Waals surface area contributed by atoms with Gasteiger partial charge in [0.05, 0.1) is 0 Å². The van der Waals surface area contributed by atoms with E-state index in [1.54, 1.807) is 0 Å². The van der Waals surface area contributed by atoms with Crippen LogP contribution in [0, 0.1) is 0 Å². The third kappa shape index (κ3) is 2.08. The van der Waals surface area contributed by atoms with E-state index in [0.29, 0.717) is 5.57 Å². The number of hydrogen-bond donors (Lipinski definition) is 2. The van der Waals surface area contributed by atoms with Crippen molar-refractivity contribution in [3.8, 4) is 0 Å². The van der Waals surface area contributed by atoms with E-state index < -0.39 is 5.97 Å². The summed E-state index contributed by atoms with van der Waals surface area (Å²) in [4.78, 5) is 10.7. The fourth-order valence-electron chi connectivity index (χ4n) is 1.66. The van der Waals surface area contributed by atoms with Crippen molar-refractivity contribution in [2.75, 3.05) is 6.54 Å². The molecular formula is C9H15NO2. The molecule has 0 spiro atoms. The Labute approximate surface area is 72.3 Å². The molecule has 12 heavy (non-hydrogen) atoms. The molecule has 1 rings (SSSR count). The lowest BCUT2D eigenvalue weighted by Crippen LogP contribution is -2.16. The molecule has 68 valence electrons. The number of hydrogen-bond acceptors (Lipinski definition) is 2. The third-order valence-electron chi connectivity index (χ3n) is 2.35. The highest BCUT2D eigenvalue weighted by molar-refractivity contribution is 5.88. The van der Waals surface area contributed by atoms with Crippen LogP contribution in [0.25, 0.3) is 0 Å². The summed E-state index contributed by atoms with van der Waals surface area (Å²) in [5.41, 5.74) is 6.87. The molecule has 0 aliphatic heterocycles. The van der Waals surface area contributed by atoms with Crippen LogP contribution < -0.4 is 5.73 Å². The molecule has 0 atom stereocenters. The normalized spacial score (nSPS) is 17.6. The number of rotatable bonds is 2. The summed E-state index contributed by atoms with van der Waals surface area (Å²) in [6.07, 6.45) is 5.32. The molecule has 0 bridgehead atoms. The number of carboxylic acid groups (broad SMARTS) is 1. The third-order valence-corrected chi connectivity index (χ3v) is 2.35. The average molecular weight is 169 g/mol. The molecule has 1 saturated carbocycles. The van der Waals surface area contributed by atoms with E-state index in [4.69, 9.17) is 10.8 Å². The minimum Gasteiger partial charge on any atom is -0.478 e. The average Bonchev–Trinajstić information content (AvgIpc) is 2.07. The van der Waals surface area contributed by atoms with Crippen LogP contribution in [0.15, 0.2) is 11.1 Å². The maximum atomic E-state index is 10.7. The van der Waals surface area contributed by atoms with E-state index in [-0.39, 0.29) is 6.54 Å². The molecule has 0 saturated heterocycles. The zero-order chi connectivity index (χ0) is 8.97. The lowest BCUT2D eigenvalue weighted by molar-refractivity contribution is -0.132. The lowest BCUT2D eigenvalue weighted by Gasteiger charge is -2.15. The highest BCUT2D eigenvalue weighted by Crippen LogP contribution is 2.25. The van der Waals surface area contributed by atoms with Crippen LogP contribution in [0.4, 0.5) is 0 Å². The predicted molar refractivity (Wildman–Crippen MR) is 46.8 cm³/mol. The molecule has 1 aliphatic carbocycles. The smallest absolute Gasteiger partial charge is 0.332 e. The van der Waals surface area contributed by atoms with Crippen LogP contribution in [0.5, 0.6) is 0 Å². The Morgan fingerprint density at radius 2 is 1.92 bits per heavy atom. The Hall–Kier alpha value is -0.830. The molecule has 0 unspecified atom stereocenters. The van der Waals surface area contributed by atoms with Crippen LogP contribution in [0.3, 0.4) is 0 Å². The fraction of sp³-hybridized carbons (Fsp3) is 0.667. The maximum Gasteiger partial charge on any atom is 0.332 e. The molecule has 0 aromatic carbocycles. The van der Waals surface area contributed by atoms with Crippen molar-refractivity contribution in [3.05, 3.63) is 11.1 Å². The SMILES string of the molecule is NCC(C(=O)O)=C1CCCCC1. The molecule has 3 heteroatoms. The van der Waals surface area contributed by atoms with Gasteiger partial charge in [-0.3, -0.25) is 0 Å². The molecule has 1 fully saturated rings. The molecule has 3 N–H and O–H groups in total. The minimum absolute atomic E-state index is 0.171. The van der Waals surface area contributed by atoms with Crippen molar-refractivity contribution in [1.29, 1.82) is 0 Å². The Bertz CT molecular complexity index is 201. The summed E-state index contributed by atoms with van der Waals surface area (Å²) >= 11 is 0. The fourth-order valence-corrected chi connectivity index (χ4v) is 1.66. The summed E-state index contributed by atoms with van der Waals surface area (Å²) in [5.74, 6) is -0.839. The number of carboxylic acids is 1. The van der Waals surface area contributed by atoms with Gasteiger partial charge in [-0.2, -0.15) is 0 Å². The molecule has 3 nitrogen and oxygen atoms in total. The van der Waals surface area contributed by atoms with E-state index in [0.717, 1.165) is 31.3 Å². The second-order valence-electron chi connectivity index (χ2n) is 3.15. The van der Waals surface area contributed by atoms with E-state index >= 15 is 0 Å². The van der Waals surface area contributed by atoms with Crippen molar-refractivity contribution in [2.45, 2.75) is 32.1 Å². The van der Waals surface area contributed by atoms with Crippen molar-refractivity contribution >= 4 is 5.97 Å². The Balaban J connectivity index is 2.75. The van der Waals surface area contributed by atoms with Gasteiger partial charge in [-0.1, -0.05) is 12.0 Å². The molecule has 0 aromatic rings. The summed E-state index contributed by atoms with van der Waals surface area (Å²) in [7, 11) is 0. The van der Waals surface area contributed by atoms with Crippen molar-refractivity contribution in [1.82, 2.24) is 0 Å². The second kappa shape index (κ2) is 4.26. The monoisotopic (exact) mass is 169 g/mol. The lowest BCUT2D eigenvalue weighted by atomic mass is 9.91. The van der Waals surface area contributed by atoms with Crippen LogP contribution >= 0.6 is 0 Å². The summed E-state index contributed by atoms with van der Waals surface area (Å²) < 4.78 is 0. The molecule has 1 aliphatic rings. The Morgan fingerprint density at radius 3 is 2.33 bits per heavy atom. The van der Waals surface area contributed by atoms with Gasteiger partial charge in [0.1, 0.15) is 0 Å². The Kier molecular flexibility index (Phi) is 3.29. The Morgan fingerprint density at radius 1 is 1.33 bits per heavy atom. The topological polar surface area (TPSA) is 63.3 Å². The van der Waals surface area contributed by atoms with Gasteiger partial charge in [-0.15, -0.1) is 0 Å². The maximum absolute atomic E-state index is 10.7. The van der Waals surface area contributed by atoms with E-state index in [1.165, 1.54) is 6.42 Å². The van der Waals surface area contributed by atoms with Gasteiger partial charge < -0.3 is 10.8 Å². The quantitative estimate of drug-likeness (QED) is 0.612. The standard InChI is InChI=1S/C9H15NO2/c10-6-8(9(11)12)7-4-2-1-3-5-7/h1-6,10H2,(H,11,12). The van der Waals surface area contributed by atoms with Gasteiger partial charge in [-0.05, 0) is 25.7 Å². The zero-order valence-electron chi connectivity index (χ0n) is 7.18. The second-order valence-corrected chi connectivity index (χ2v) is 3.15. The first-order chi connectivity index (χ1) is 5.75. The van der Waals surface area contributed by atoms with Gasteiger partial charge in [-0.25, -0.2) is 4.79 Å². The number of aliphatic carboxylic acids is 1. The van der Waals surface area contributed by atoms with Crippen molar-refractivity contribution in [2.24, 2.45) is 5.73 Å². The van der Waals surface area contributed by atoms with Gasteiger partial charge in [0.2, 0.25) is 0 Å². The molecule has 0 aromatic heterocycles. The molecular weight excluding hydrogens is 154 g/mol. The van der Waals surface area contributed by atoms with Crippen LogP contribution in [0.1, 0.15) is 32.1 Å². The summed E-state index contributed by atoms with van der Waals surface area (Å²) in [6.45, 7) is 0.171. The van der Waals surface area contributed by atoms with E-state index in [9.17, 15) is 4.79 Å². The molecule has 0 heterocycles. The summed E-state index contributed by atoms with van der Waals surface area (Å²) in [6, 6.07) is 0. The first-order valence-corrected chi connectivity index (χ1v) is 4.40. The van der Waals surface area contributed by atoms with E-state index in [1.807, 2.05) is 0 Å². The highest BCUT2D eigenvalue weighted by atomic mass is 16.4. The number of nitrogens with two attached hydrogens (primary N) is 1.